The van der Waals surface area contributed by atoms with Crippen LogP contribution >= 0.6 is 0 Å². The molecule has 13 heavy (non-hydrogen) atoms. The van der Waals surface area contributed by atoms with Crippen molar-refractivity contribution in [2.75, 3.05) is 13.1 Å². The Hall–Kier alpha value is -0.870. The van der Waals surface area contributed by atoms with Crippen molar-refractivity contribution in [3.63, 3.8) is 0 Å². The normalized spacial score (nSPS) is 12.5. The number of carboxylic acids is 1. The van der Waals surface area contributed by atoms with Crippen LogP contribution in [0.4, 0.5) is 0 Å². The highest BCUT2D eigenvalue weighted by molar-refractivity contribution is 5.72. The van der Waals surface area contributed by atoms with E-state index in [1.165, 1.54) is 0 Å². The van der Waals surface area contributed by atoms with Crippen LogP contribution in [0, 0.1) is 0 Å². The zero-order valence-electron chi connectivity index (χ0n) is 8.05. The van der Waals surface area contributed by atoms with Gasteiger partial charge in [-0.3, -0.25) is 4.79 Å². The van der Waals surface area contributed by atoms with Crippen molar-refractivity contribution in [2.45, 2.75) is 25.8 Å². The van der Waals surface area contributed by atoms with Crippen molar-refractivity contribution in [3.8, 4) is 0 Å². The van der Waals surface area contributed by atoms with Crippen LogP contribution < -0.4 is 11.1 Å². The van der Waals surface area contributed by atoms with Gasteiger partial charge in [0.05, 0.1) is 0 Å². The van der Waals surface area contributed by atoms with Gasteiger partial charge in [0.1, 0.15) is 6.04 Å². The SMILES string of the molecule is C=C(C)CNCCCC(N)C(=O)O. The standard InChI is InChI=1S/C9H18N2O2/c1-7(2)6-11-5-3-4-8(10)9(12)13/h8,11H,1,3-6,10H2,2H3,(H,12,13). The average Bonchev–Trinajstić information content (AvgIpc) is 2.02. The van der Waals surface area contributed by atoms with Crippen molar-refractivity contribution in [1.29, 1.82) is 0 Å². The van der Waals surface area contributed by atoms with E-state index in [0.29, 0.717) is 6.42 Å². The van der Waals surface area contributed by atoms with E-state index in [2.05, 4.69) is 11.9 Å². The predicted octanol–water partition coefficient (Wildman–Crippen LogP) is 0.344. The molecule has 1 unspecified atom stereocenters. The Kier molecular flexibility index (Phi) is 6.18. The third kappa shape index (κ3) is 7.49. The molecule has 4 nitrogen and oxygen atoms in total. The first kappa shape index (κ1) is 12.1. The van der Waals surface area contributed by atoms with Crippen LogP contribution in [-0.2, 0) is 4.79 Å². The lowest BCUT2D eigenvalue weighted by Crippen LogP contribution is -2.31. The van der Waals surface area contributed by atoms with Crippen molar-refractivity contribution < 1.29 is 9.90 Å². The van der Waals surface area contributed by atoms with Crippen molar-refractivity contribution in [2.24, 2.45) is 5.73 Å². The highest BCUT2D eigenvalue weighted by Gasteiger charge is 2.09. The fourth-order valence-electron chi connectivity index (χ4n) is 0.872. The van der Waals surface area contributed by atoms with Gasteiger partial charge in [-0.05, 0) is 26.3 Å². The minimum Gasteiger partial charge on any atom is -0.480 e. The monoisotopic (exact) mass is 186 g/mol. The van der Waals surface area contributed by atoms with Crippen LogP contribution in [0.2, 0.25) is 0 Å². The highest BCUT2D eigenvalue weighted by Crippen LogP contribution is 1.93. The topological polar surface area (TPSA) is 75.3 Å². The minimum absolute atomic E-state index is 0.512. The fourth-order valence-corrected chi connectivity index (χ4v) is 0.872. The molecule has 4 N–H and O–H groups in total. The second-order valence-corrected chi connectivity index (χ2v) is 3.22. The van der Waals surface area contributed by atoms with Gasteiger partial charge in [0.15, 0.2) is 0 Å². The van der Waals surface area contributed by atoms with E-state index in [1.807, 2.05) is 6.92 Å². The van der Waals surface area contributed by atoms with Crippen LogP contribution in [0.3, 0.4) is 0 Å². The molecule has 0 saturated carbocycles. The van der Waals surface area contributed by atoms with Gasteiger partial charge in [-0.1, -0.05) is 12.2 Å². The number of carbonyl (C=O) groups is 1. The molecule has 4 heteroatoms. The second-order valence-electron chi connectivity index (χ2n) is 3.22. The fraction of sp³-hybridized carbons (Fsp3) is 0.667. The van der Waals surface area contributed by atoms with Gasteiger partial charge in [-0.25, -0.2) is 0 Å². The Morgan fingerprint density at radius 2 is 2.31 bits per heavy atom. The maximum Gasteiger partial charge on any atom is 0.320 e. The molecule has 0 fully saturated rings. The molecule has 0 amide bonds. The molecule has 0 aliphatic rings. The summed E-state index contributed by atoms with van der Waals surface area (Å²) in [6.07, 6.45) is 1.29. The summed E-state index contributed by atoms with van der Waals surface area (Å²) in [5.74, 6) is -0.931. The summed E-state index contributed by atoms with van der Waals surface area (Å²) in [6.45, 7) is 7.24. The highest BCUT2D eigenvalue weighted by atomic mass is 16.4. The lowest BCUT2D eigenvalue weighted by molar-refractivity contribution is -0.138. The molecule has 0 aromatic heterocycles. The summed E-state index contributed by atoms with van der Waals surface area (Å²) in [5.41, 5.74) is 6.39. The summed E-state index contributed by atoms with van der Waals surface area (Å²) >= 11 is 0. The number of aliphatic carboxylic acids is 1. The molecule has 0 heterocycles. The van der Waals surface area contributed by atoms with Crippen LogP contribution in [0.1, 0.15) is 19.8 Å². The first-order valence-corrected chi connectivity index (χ1v) is 4.37. The molecule has 1 atom stereocenters. The summed E-state index contributed by atoms with van der Waals surface area (Å²) < 4.78 is 0. The van der Waals surface area contributed by atoms with Crippen LogP contribution in [0.15, 0.2) is 12.2 Å². The van der Waals surface area contributed by atoms with Crippen molar-refractivity contribution in [3.05, 3.63) is 12.2 Å². The molecular weight excluding hydrogens is 168 g/mol. The lowest BCUT2D eigenvalue weighted by Gasteiger charge is -2.06. The van der Waals surface area contributed by atoms with Crippen LogP contribution in [0.25, 0.3) is 0 Å². The summed E-state index contributed by atoms with van der Waals surface area (Å²) in [7, 11) is 0. The molecule has 0 spiro atoms. The van der Waals surface area contributed by atoms with Gasteiger partial charge < -0.3 is 16.2 Å². The van der Waals surface area contributed by atoms with Gasteiger partial charge in [0.2, 0.25) is 0 Å². The largest absolute Gasteiger partial charge is 0.480 e. The summed E-state index contributed by atoms with van der Waals surface area (Å²) in [4.78, 5) is 10.3. The first-order chi connectivity index (χ1) is 6.04. The van der Waals surface area contributed by atoms with E-state index < -0.39 is 12.0 Å². The van der Waals surface area contributed by atoms with E-state index >= 15 is 0 Å². The average molecular weight is 186 g/mol. The van der Waals surface area contributed by atoms with Gasteiger partial charge in [-0.15, -0.1) is 0 Å². The molecule has 0 aliphatic heterocycles. The lowest BCUT2D eigenvalue weighted by atomic mass is 10.2. The molecule has 0 radical (unpaired) electrons. The number of nitrogens with two attached hydrogens (primary N) is 1. The first-order valence-electron chi connectivity index (χ1n) is 4.37. The zero-order chi connectivity index (χ0) is 10.3. The molecule has 0 aliphatic carbocycles. The summed E-state index contributed by atoms with van der Waals surface area (Å²) in [6, 6.07) is -0.730. The Morgan fingerprint density at radius 1 is 1.69 bits per heavy atom. The van der Waals surface area contributed by atoms with E-state index in [0.717, 1.165) is 25.1 Å². The van der Waals surface area contributed by atoms with E-state index in [-0.39, 0.29) is 0 Å². The van der Waals surface area contributed by atoms with E-state index in [4.69, 9.17) is 10.8 Å². The van der Waals surface area contributed by atoms with Crippen LogP contribution in [0.5, 0.6) is 0 Å². The number of carboxylic acid groups (broad SMARTS) is 1. The number of rotatable bonds is 7. The molecule has 0 aromatic carbocycles. The molecule has 76 valence electrons. The number of hydrogen-bond acceptors (Lipinski definition) is 3. The number of hydrogen-bond donors (Lipinski definition) is 3. The van der Waals surface area contributed by atoms with Crippen molar-refractivity contribution in [1.82, 2.24) is 5.32 Å². The van der Waals surface area contributed by atoms with Crippen molar-refractivity contribution >= 4 is 5.97 Å². The quantitative estimate of drug-likeness (QED) is 0.396. The molecule has 0 rings (SSSR count). The number of nitrogens with one attached hydrogen (secondary N) is 1. The second kappa shape index (κ2) is 6.62. The Labute approximate surface area is 78.8 Å². The smallest absolute Gasteiger partial charge is 0.320 e. The zero-order valence-corrected chi connectivity index (χ0v) is 8.05. The van der Waals surface area contributed by atoms with Gasteiger partial charge in [-0.2, -0.15) is 0 Å². The molecule has 0 bridgehead atoms. The van der Waals surface area contributed by atoms with E-state index in [9.17, 15) is 4.79 Å². The van der Waals surface area contributed by atoms with Gasteiger partial charge in [0.25, 0.3) is 0 Å². The Balaban J connectivity index is 3.26. The third-order valence-corrected chi connectivity index (χ3v) is 1.61. The minimum atomic E-state index is -0.931. The van der Waals surface area contributed by atoms with Crippen LogP contribution in [-0.4, -0.2) is 30.2 Å². The predicted molar refractivity (Wildman–Crippen MR) is 52.5 cm³/mol. The molecular formula is C9H18N2O2. The Bertz CT molecular complexity index is 180. The Morgan fingerprint density at radius 3 is 2.77 bits per heavy atom. The maximum absolute atomic E-state index is 10.3. The third-order valence-electron chi connectivity index (χ3n) is 1.61. The molecule has 0 saturated heterocycles. The van der Waals surface area contributed by atoms with Gasteiger partial charge in [0, 0.05) is 6.54 Å². The molecule has 0 aromatic rings. The summed E-state index contributed by atoms with van der Waals surface area (Å²) in [5, 5.41) is 11.6. The van der Waals surface area contributed by atoms with Gasteiger partial charge >= 0.3 is 5.97 Å². The maximum atomic E-state index is 10.3. The van der Waals surface area contributed by atoms with E-state index in [1.54, 1.807) is 0 Å².